The number of fused-ring (bicyclic) bond motifs is 3. The minimum absolute atomic E-state index is 0.0272. The van der Waals surface area contributed by atoms with Crippen LogP contribution in [0.5, 0.6) is 0 Å². The van der Waals surface area contributed by atoms with Crippen LogP contribution in [0.3, 0.4) is 0 Å². The average Bonchev–Trinajstić information content (AvgIpc) is 3.16. The topological polar surface area (TPSA) is 72.6 Å². The quantitative estimate of drug-likeness (QED) is 0.693. The zero-order valence-electron chi connectivity index (χ0n) is 15.9. The maximum absolute atomic E-state index is 12.8. The van der Waals surface area contributed by atoms with Crippen molar-refractivity contribution in [1.29, 1.82) is 0 Å². The molecule has 2 heterocycles. The van der Waals surface area contributed by atoms with Crippen LogP contribution in [-0.4, -0.2) is 50.6 Å². The van der Waals surface area contributed by atoms with Crippen molar-refractivity contribution in [1.82, 2.24) is 24.9 Å². The number of methoxy groups -OCH3 is 1. The first kappa shape index (κ1) is 17.9. The molecule has 1 saturated carbocycles. The number of hydrogen-bond donors (Lipinski definition) is 0. The first-order valence-electron chi connectivity index (χ1n) is 9.56. The maximum Gasteiger partial charge on any atom is 0.249 e. The van der Waals surface area contributed by atoms with Crippen molar-refractivity contribution < 1.29 is 9.53 Å². The van der Waals surface area contributed by atoms with E-state index in [0.717, 1.165) is 29.3 Å². The van der Waals surface area contributed by atoms with Gasteiger partial charge in [-0.25, -0.2) is 0 Å². The summed E-state index contributed by atoms with van der Waals surface area (Å²) in [7, 11) is 1.57. The van der Waals surface area contributed by atoms with E-state index in [-0.39, 0.29) is 18.6 Å². The van der Waals surface area contributed by atoms with Crippen LogP contribution in [0.4, 0.5) is 0 Å². The second-order valence-electron chi connectivity index (χ2n) is 7.39. The molecule has 0 radical (unpaired) electrons. The van der Waals surface area contributed by atoms with E-state index in [1.807, 2.05) is 11.0 Å². The molecule has 4 rings (SSSR count). The number of rotatable bonds is 5. The lowest BCUT2D eigenvalue weighted by Gasteiger charge is -2.34. The number of hydrogen-bond acceptors (Lipinski definition) is 5. The van der Waals surface area contributed by atoms with Crippen molar-refractivity contribution in [2.45, 2.75) is 51.6 Å². The van der Waals surface area contributed by atoms with Crippen molar-refractivity contribution in [2.24, 2.45) is 0 Å². The third-order valence-corrected chi connectivity index (χ3v) is 5.44. The molecule has 1 aromatic carbocycles. The van der Waals surface area contributed by atoms with Gasteiger partial charge in [0.25, 0.3) is 0 Å². The molecule has 0 unspecified atom stereocenters. The zero-order valence-corrected chi connectivity index (χ0v) is 15.9. The van der Waals surface area contributed by atoms with Gasteiger partial charge in [0.05, 0.1) is 5.52 Å². The second kappa shape index (κ2) is 7.60. The Morgan fingerprint density at radius 1 is 1.26 bits per heavy atom. The number of amides is 1. The monoisotopic (exact) mass is 367 g/mol. The molecule has 27 heavy (non-hydrogen) atoms. The van der Waals surface area contributed by atoms with Gasteiger partial charge in [-0.05, 0) is 48.4 Å². The molecule has 0 atom stereocenters. The van der Waals surface area contributed by atoms with Crippen LogP contribution in [0.25, 0.3) is 16.6 Å². The zero-order chi connectivity index (χ0) is 18.8. The highest BCUT2D eigenvalue weighted by Gasteiger charge is 2.26. The van der Waals surface area contributed by atoms with Crippen LogP contribution in [0.2, 0.25) is 0 Å². The molecule has 0 bridgehead atoms. The number of aryl methyl sites for hydroxylation is 1. The van der Waals surface area contributed by atoms with Gasteiger partial charge in [0.15, 0.2) is 5.65 Å². The SMILES string of the molecule is COCC(=O)N(Cc1cc2cc(C)ccc2n2nnnc12)C1CCCCC1. The van der Waals surface area contributed by atoms with E-state index in [4.69, 9.17) is 4.74 Å². The summed E-state index contributed by atoms with van der Waals surface area (Å²) in [5, 5.41) is 13.3. The summed E-state index contributed by atoms with van der Waals surface area (Å²) >= 11 is 0. The summed E-state index contributed by atoms with van der Waals surface area (Å²) in [4.78, 5) is 14.7. The standard InChI is InChI=1S/C20H25N5O2/c1-14-8-9-18-15(10-14)11-16(20-21-22-23-25(18)20)12-24(19(26)13-27-2)17-6-4-3-5-7-17/h8-11,17H,3-7,12-13H2,1-2H3. The molecule has 7 heteroatoms. The molecule has 7 nitrogen and oxygen atoms in total. The molecule has 0 spiro atoms. The van der Waals surface area contributed by atoms with Gasteiger partial charge < -0.3 is 9.64 Å². The molecule has 1 aliphatic carbocycles. The fourth-order valence-corrected chi connectivity index (χ4v) is 4.10. The van der Waals surface area contributed by atoms with Gasteiger partial charge in [0.2, 0.25) is 5.91 Å². The highest BCUT2D eigenvalue weighted by Crippen LogP contribution is 2.27. The van der Waals surface area contributed by atoms with Crippen molar-refractivity contribution in [3.8, 4) is 0 Å². The first-order valence-corrected chi connectivity index (χ1v) is 9.56. The average molecular weight is 367 g/mol. The summed E-state index contributed by atoms with van der Waals surface area (Å²) in [6.45, 7) is 2.67. The third-order valence-electron chi connectivity index (χ3n) is 5.44. The van der Waals surface area contributed by atoms with E-state index in [2.05, 4.69) is 40.6 Å². The highest BCUT2D eigenvalue weighted by molar-refractivity contribution is 5.84. The van der Waals surface area contributed by atoms with E-state index in [9.17, 15) is 4.79 Å². The first-order chi connectivity index (χ1) is 13.2. The number of aromatic nitrogens is 4. The molecule has 1 fully saturated rings. The number of tetrazole rings is 1. The minimum atomic E-state index is 0.0272. The molecular weight excluding hydrogens is 342 g/mol. The largest absolute Gasteiger partial charge is 0.375 e. The van der Waals surface area contributed by atoms with Gasteiger partial charge >= 0.3 is 0 Å². The number of carbonyl (C=O) groups is 1. The van der Waals surface area contributed by atoms with Crippen LogP contribution in [0, 0.1) is 6.92 Å². The van der Waals surface area contributed by atoms with Crippen LogP contribution < -0.4 is 0 Å². The molecule has 0 N–H and O–H groups in total. The summed E-state index contributed by atoms with van der Waals surface area (Å²) in [5.41, 5.74) is 3.82. The molecule has 0 saturated heterocycles. The van der Waals surface area contributed by atoms with Crippen LogP contribution in [-0.2, 0) is 16.1 Å². The lowest BCUT2D eigenvalue weighted by molar-refractivity contribution is -0.139. The molecule has 0 aliphatic heterocycles. The van der Waals surface area contributed by atoms with Gasteiger partial charge in [-0.3, -0.25) is 4.79 Å². The number of pyridine rings is 1. The summed E-state index contributed by atoms with van der Waals surface area (Å²) < 4.78 is 6.90. The van der Waals surface area contributed by atoms with Crippen molar-refractivity contribution >= 4 is 22.5 Å². The second-order valence-corrected chi connectivity index (χ2v) is 7.39. The van der Waals surface area contributed by atoms with Crippen molar-refractivity contribution in [3.05, 3.63) is 35.4 Å². The molecule has 1 amide bonds. The molecule has 3 aromatic rings. The molecule has 142 valence electrons. The Balaban J connectivity index is 1.76. The van der Waals surface area contributed by atoms with Gasteiger partial charge in [0.1, 0.15) is 6.61 Å². The summed E-state index contributed by atoms with van der Waals surface area (Å²) in [6, 6.07) is 8.59. The van der Waals surface area contributed by atoms with Crippen LogP contribution >= 0.6 is 0 Å². The summed E-state index contributed by atoms with van der Waals surface area (Å²) in [6.07, 6.45) is 5.67. The number of carbonyl (C=O) groups excluding carboxylic acids is 1. The molecule has 2 aromatic heterocycles. The van der Waals surface area contributed by atoms with Crippen LogP contribution in [0.15, 0.2) is 24.3 Å². The maximum atomic E-state index is 12.8. The Hall–Kier alpha value is -2.54. The molecule has 1 aliphatic rings. The lowest BCUT2D eigenvalue weighted by atomic mass is 9.93. The van der Waals surface area contributed by atoms with Crippen LogP contribution in [0.1, 0.15) is 43.2 Å². The Kier molecular flexibility index (Phi) is 5.03. The van der Waals surface area contributed by atoms with Crippen molar-refractivity contribution in [3.63, 3.8) is 0 Å². The van der Waals surface area contributed by atoms with Gasteiger partial charge in [-0.2, -0.15) is 4.52 Å². The highest BCUT2D eigenvalue weighted by atomic mass is 16.5. The fraction of sp³-hybridized carbons (Fsp3) is 0.500. The Morgan fingerprint density at radius 3 is 2.85 bits per heavy atom. The lowest BCUT2D eigenvalue weighted by Crippen LogP contribution is -2.42. The predicted molar refractivity (Wildman–Crippen MR) is 102 cm³/mol. The molecular formula is C20H25N5O2. The minimum Gasteiger partial charge on any atom is -0.375 e. The predicted octanol–water partition coefficient (Wildman–Crippen LogP) is 2.89. The van der Waals surface area contributed by atoms with E-state index in [0.29, 0.717) is 12.2 Å². The Labute approximate surface area is 158 Å². The summed E-state index contributed by atoms with van der Waals surface area (Å²) in [5.74, 6) is 0.0272. The smallest absolute Gasteiger partial charge is 0.249 e. The van der Waals surface area contributed by atoms with E-state index >= 15 is 0 Å². The van der Waals surface area contributed by atoms with E-state index in [1.54, 1.807) is 11.6 Å². The fourth-order valence-electron chi connectivity index (χ4n) is 4.10. The number of ether oxygens (including phenoxy) is 1. The normalized spacial score (nSPS) is 15.5. The third kappa shape index (κ3) is 3.51. The van der Waals surface area contributed by atoms with Crippen molar-refractivity contribution in [2.75, 3.05) is 13.7 Å². The van der Waals surface area contributed by atoms with E-state index < -0.39 is 0 Å². The number of benzene rings is 1. The van der Waals surface area contributed by atoms with E-state index in [1.165, 1.54) is 24.8 Å². The van der Waals surface area contributed by atoms with Gasteiger partial charge in [-0.15, -0.1) is 5.10 Å². The number of nitrogens with zero attached hydrogens (tertiary/aromatic N) is 5. The Bertz CT molecular complexity index is 962. The van der Waals surface area contributed by atoms with Gasteiger partial charge in [0, 0.05) is 30.6 Å². The Morgan fingerprint density at radius 2 is 2.07 bits per heavy atom. The van der Waals surface area contributed by atoms with Gasteiger partial charge in [-0.1, -0.05) is 30.9 Å².